The van der Waals surface area contributed by atoms with Crippen molar-refractivity contribution in [3.05, 3.63) is 192 Å². The average Bonchev–Trinajstić information content (AvgIpc) is 3.59. The number of pyridine rings is 2. The van der Waals surface area contributed by atoms with Crippen molar-refractivity contribution in [1.82, 2.24) is 4.57 Å². The molecule has 0 amide bonds. The fourth-order valence-corrected chi connectivity index (χ4v) is 11.3. The Morgan fingerprint density at radius 1 is 0.393 bits per heavy atom. The first-order chi connectivity index (χ1) is 27.6. The zero-order valence-corrected chi connectivity index (χ0v) is 30.8. The van der Waals surface area contributed by atoms with Gasteiger partial charge in [0, 0.05) is 33.1 Å². The molecule has 0 saturated heterocycles. The van der Waals surface area contributed by atoms with Crippen molar-refractivity contribution in [3.63, 3.8) is 0 Å². The number of fused-ring (bicyclic) bond motifs is 4. The Morgan fingerprint density at radius 3 is 1.73 bits per heavy atom. The molecule has 1 spiro atoms. The molecular weight excluding hydrogens is 685 g/mol. The highest BCUT2D eigenvalue weighted by atomic mass is 15.4. The fraction of sp³-hybridized carbons (Fsp3) is 0.0800. The van der Waals surface area contributed by atoms with E-state index in [4.69, 9.17) is 0 Å². The van der Waals surface area contributed by atoms with Crippen LogP contribution < -0.4 is 23.8 Å². The lowest BCUT2D eigenvalue weighted by Gasteiger charge is -2.49. The number of rotatable bonds is 2. The summed E-state index contributed by atoms with van der Waals surface area (Å²) >= 11 is 0. The summed E-state index contributed by atoms with van der Waals surface area (Å²) in [5.74, 6) is 2.38. The van der Waals surface area contributed by atoms with E-state index in [2.05, 4.69) is 212 Å². The molecule has 6 heteroatoms. The van der Waals surface area contributed by atoms with Gasteiger partial charge < -0.3 is 4.90 Å². The highest BCUT2D eigenvalue weighted by Crippen LogP contribution is 2.64. The Hall–Kier alpha value is -7.18. The second-order valence-corrected chi connectivity index (χ2v) is 16.2. The molecule has 14 rings (SSSR count). The monoisotopic (exact) mass is 718 g/mol. The quantitative estimate of drug-likeness (QED) is 0.166. The maximum Gasteiger partial charge on any atom is 0.318 e. The molecule has 262 valence electrons. The summed E-state index contributed by atoms with van der Waals surface area (Å²) in [5, 5.41) is 2.53. The summed E-state index contributed by atoms with van der Waals surface area (Å²) in [7, 11) is 0. The van der Waals surface area contributed by atoms with Gasteiger partial charge in [-0.15, -0.1) is 0 Å². The third-order valence-corrected chi connectivity index (χ3v) is 13.4. The Kier molecular flexibility index (Phi) is 4.98. The summed E-state index contributed by atoms with van der Waals surface area (Å²) in [6, 6.07) is 58.6. The molecule has 1 unspecified atom stereocenters. The van der Waals surface area contributed by atoms with E-state index in [1.54, 1.807) is 0 Å². The van der Waals surface area contributed by atoms with Crippen LogP contribution in [0.25, 0.3) is 27.6 Å². The first-order valence-electron chi connectivity index (χ1n) is 19.6. The van der Waals surface area contributed by atoms with Crippen molar-refractivity contribution >= 4 is 73.1 Å². The standard InChI is InChI=1S/C50H34N6/c1-49(2)35-20-9-10-22-37(35)55-39-24-12-23-38-43(39)50(51-29-13-21-36(49)47(51)55)44-40(53(38)31-15-5-3-6-16-31)28-27-34-33-19-11-25-41-45(33)56(46(34)44)48-42(26-14-30-52(48)50)54(41)32-17-7-4-8-18-32/h3-30H,1-2H3/q+2. The molecule has 0 N–H and O–H groups in total. The van der Waals surface area contributed by atoms with E-state index in [1.807, 2.05) is 0 Å². The van der Waals surface area contributed by atoms with Crippen molar-refractivity contribution in [3.8, 4) is 5.82 Å². The number of benzene rings is 6. The van der Waals surface area contributed by atoms with Crippen LogP contribution >= 0.6 is 0 Å². The summed E-state index contributed by atoms with van der Waals surface area (Å²) in [5.41, 5.74) is 16.1. The molecule has 6 aromatic carbocycles. The van der Waals surface area contributed by atoms with Crippen LogP contribution in [0.2, 0.25) is 0 Å². The lowest BCUT2D eigenvalue weighted by Crippen LogP contribution is -2.80. The van der Waals surface area contributed by atoms with Crippen molar-refractivity contribution in [2.45, 2.75) is 24.9 Å². The summed E-state index contributed by atoms with van der Waals surface area (Å²) in [6.45, 7) is 4.78. The highest BCUT2D eigenvalue weighted by molar-refractivity contribution is 6.19. The predicted molar refractivity (Wildman–Crippen MR) is 222 cm³/mol. The highest BCUT2D eigenvalue weighted by Gasteiger charge is 2.67. The van der Waals surface area contributed by atoms with Crippen molar-refractivity contribution in [2.75, 3.05) is 14.7 Å². The largest absolute Gasteiger partial charge is 0.318 e. The van der Waals surface area contributed by atoms with E-state index in [0.29, 0.717) is 0 Å². The first kappa shape index (κ1) is 29.2. The number of hydrogen-bond donors (Lipinski definition) is 0. The van der Waals surface area contributed by atoms with E-state index in [-0.39, 0.29) is 5.41 Å². The van der Waals surface area contributed by atoms with Crippen LogP contribution in [0, 0.1) is 0 Å². The minimum absolute atomic E-state index is 0.236. The molecule has 5 aliphatic heterocycles. The topological polar surface area (TPSA) is 22.4 Å². The molecule has 0 aliphatic carbocycles. The van der Waals surface area contributed by atoms with E-state index < -0.39 is 5.66 Å². The smallest absolute Gasteiger partial charge is 0.309 e. The van der Waals surface area contributed by atoms with Gasteiger partial charge in [-0.05, 0) is 91.0 Å². The van der Waals surface area contributed by atoms with Gasteiger partial charge in [0.1, 0.15) is 28.2 Å². The van der Waals surface area contributed by atoms with Crippen molar-refractivity contribution in [1.29, 1.82) is 0 Å². The van der Waals surface area contributed by atoms with Gasteiger partial charge in [-0.3, -0.25) is 4.90 Å². The van der Waals surface area contributed by atoms with Gasteiger partial charge in [-0.25, -0.2) is 0 Å². The molecule has 0 radical (unpaired) electrons. The van der Waals surface area contributed by atoms with Gasteiger partial charge in [0.2, 0.25) is 0 Å². The van der Waals surface area contributed by atoms with Crippen molar-refractivity contribution < 1.29 is 9.13 Å². The minimum Gasteiger partial charge on any atom is -0.309 e. The Bertz CT molecular complexity index is 3250. The van der Waals surface area contributed by atoms with Crippen LogP contribution in [-0.2, 0) is 11.1 Å². The average molecular weight is 719 g/mol. The first-order valence-corrected chi connectivity index (χ1v) is 19.6. The van der Waals surface area contributed by atoms with Crippen LogP contribution in [0.15, 0.2) is 170 Å². The molecular formula is C50H34N6+2. The van der Waals surface area contributed by atoms with E-state index >= 15 is 0 Å². The fourth-order valence-electron chi connectivity index (χ4n) is 11.3. The second-order valence-electron chi connectivity index (χ2n) is 16.2. The van der Waals surface area contributed by atoms with Gasteiger partial charge in [0.05, 0.1) is 35.0 Å². The number of hydrogen-bond acceptors (Lipinski definition) is 3. The Balaban J connectivity index is 1.26. The van der Waals surface area contributed by atoms with Gasteiger partial charge >= 0.3 is 11.5 Å². The zero-order chi connectivity index (χ0) is 36.7. The molecule has 0 saturated carbocycles. The number of anilines is 9. The zero-order valence-electron chi connectivity index (χ0n) is 30.8. The van der Waals surface area contributed by atoms with Crippen LogP contribution in [0.3, 0.4) is 0 Å². The van der Waals surface area contributed by atoms with Crippen LogP contribution in [0.1, 0.15) is 36.1 Å². The molecule has 6 nitrogen and oxygen atoms in total. The van der Waals surface area contributed by atoms with Gasteiger partial charge in [0.15, 0.2) is 11.0 Å². The predicted octanol–water partition coefficient (Wildman–Crippen LogP) is 11.0. The Labute approximate surface area is 323 Å². The van der Waals surface area contributed by atoms with E-state index in [0.717, 1.165) is 17.1 Å². The van der Waals surface area contributed by atoms with Crippen LogP contribution in [0.4, 0.5) is 51.3 Å². The lowest BCUT2D eigenvalue weighted by molar-refractivity contribution is -0.964. The third kappa shape index (κ3) is 3.01. The molecule has 5 aliphatic rings. The molecule has 0 fully saturated rings. The Morgan fingerprint density at radius 2 is 0.946 bits per heavy atom. The van der Waals surface area contributed by atoms with Crippen molar-refractivity contribution in [2.24, 2.45) is 0 Å². The molecule has 0 bridgehead atoms. The number of aromatic nitrogens is 3. The molecule has 3 aromatic heterocycles. The normalized spacial score (nSPS) is 17.9. The molecule has 9 aromatic rings. The number of para-hydroxylation sites is 4. The minimum atomic E-state index is -0.786. The van der Waals surface area contributed by atoms with Gasteiger partial charge in [-0.1, -0.05) is 80.6 Å². The van der Waals surface area contributed by atoms with Crippen LogP contribution in [0.5, 0.6) is 0 Å². The summed E-state index contributed by atoms with van der Waals surface area (Å²) < 4.78 is 7.85. The van der Waals surface area contributed by atoms with E-state index in [9.17, 15) is 0 Å². The summed E-state index contributed by atoms with van der Waals surface area (Å²) in [4.78, 5) is 7.55. The maximum atomic E-state index is 2.64. The van der Waals surface area contributed by atoms with Gasteiger partial charge in [0.25, 0.3) is 5.82 Å². The molecule has 1 atom stereocenters. The lowest BCUT2D eigenvalue weighted by atomic mass is 9.72. The summed E-state index contributed by atoms with van der Waals surface area (Å²) in [6.07, 6.45) is 4.69. The second kappa shape index (κ2) is 9.54. The third-order valence-electron chi connectivity index (χ3n) is 13.4. The molecule has 56 heavy (non-hydrogen) atoms. The molecule has 8 heterocycles. The maximum absolute atomic E-state index is 2.64. The van der Waals surface area contributed by atoms with Crippen LogP contribution in [-0.4, -0.2) is 4.57 Å². The number of nitrogens with zero attached hydrogens (tertiary/aromatic N) is 6. The SMILES string of the molecule is CC1(C)c2ccccc2N2c3cccc4c3C3(c5c(ccc6c7cccc8c7n(c56)-c5c(ccc[n+]53)N8c3ccccc3)N4c3ccccc3)[n+]3cccc1c32. The van der Waals surface area contributed by atoms with E-state index in [1.165, 1.54) is 84.1 Å². The van der Waals surface area contributed by atoms with Gasteiger partial charge in [-0.2, -0.15) is 18.6 Å².